The zero-order chi connectivity index (χ0) is 12.5. The largest absolute Gasteiger partial charge is 0.382 e. The molecule has 0 amide bonds. The number of nitrogens with one attached hydrogen (secondary N) is 1. The van der Waals surface area contributed by atoms with Crippen LogP contribution < -0.4 is 10.6 Å². The molecule has 0 bridgehead atoms. The minimum absolute atomic E-state index is 0.0106. The van der Waals surface area contributed by atoms with Crippen LogP contribution in [0.2, 0.25) is 0 Å². The van der Waals surface area contributed by atoms with E-state index in [2.05, 4.69) is 14.9 Å². The summed E-state index contributed by atoms with van der Waals surface area (Å²) in [5.74, 6) is 2.37. The molecule has 1 aromatic rings. The highest BCUT2D eigenvalue weighted by atomic mass is 15.3. The summed E-state index contributed by atoms with van der Waals surface area (Å²) in [5.41, 5.74) is 6.01. The fraction of sp³-hybridized carbons (Fsp3) is 0.615. The van der Waals surface area contributed by atoms with Gasteiger partial charge in [-0.05, 0) is 43.6 Å². The predicted octanol–water partition coefficient (Wildman–Crippen LogP) is 1.39. The lowest BCUT2D eigenvalue weighted by atomic mass is 10.3. The Morgan fingerprint density at radius 1 is 1.28 bits per heavy atom. The number of nitrogen functional groups attached to an aromatic ring is 1. The second kappa shape index (κ2) is 4.55. The van der Waals surface area contributed by atoms with E-state index in [0.717, 1.165) is 30.9 Å². The molecular formula is C13H19N5. The molecule has 96 valence electrons. The fourth-order valence-corrected chi connectivity index (χ4v) is 2.11. The van der Waals surface area contributed by atoms with Crippen molar-refractivity contribution in [1.29, 1.82) is 5.41 Å². The Hall–Kier alpha value is -1.65. The van der Waals surface area contributed by atoms with Gasteiger partial charge in [-0.1, -0.05) is 0 Å². The first-order valence-corrected chi connectivity index (χ1v) is 6.65. The summed E-state index contributed by atoms with van der Waals surface area (Å²) in [5, 5.41) is 7.45. The Morgan fingerprint density at radius 3 is 2.39 bits per heavy atom. The summed E-state index contributed by atoms with van der Waals surface area (Å²) >= 11 is 0. The molecular weight excluding hydrogens is 226 g/mol. The Kier molecular flexibility index (Phi) is 2.89. The molecule has 1 aromatic heterocycles. The summed E-state index contributed by atoms with van der Waals surface area (Å²) in [6, 6.07) is 1.69. The van der Waals surface area contributed by atoms with Gasteiger partial charge in [0.15, 0.2) is 0 Å². The lowest BCUT2D eigenvalue weighted by molar-refractivity contribution is 0.661. The molecule has 18 heavy (non-hydrogen) atoms. The quantitative estimate of drug-likeness (QED) is 0.586. The first-order chi connectivity index (χ1) is 8.72. The molecule has 1 heterocycles. The maximum Gasteiger partial charge on any atom is 0.225 e. The smallest absolute Gasteiger partial charge is 0.225 e. The van der Waals surface area contributed by atoms with Crippen molar-refractivity contribution in [3.8, 4) is 0 Å². The van der Waals surface area contributed by atoms with E-state index in [1.807, 2.05) is 0 Å². The summed E-state index contributed by atoms with van der Waals surface area (Å²) in [4.78, 5) is 11.0. The highest BCUT2D eigenvalue weighted by Crippen LogP contribution is 2.34. The van der Waals surface area contributed by atoms with E-state index in [9.17, 15) is 0 Å². The third-order valence-corrected chi connectivity index (χ3v) is 3.55. The molecule has 0 unspecified atom stereocenters. The number of nitrogens with zero attached hydrogens (tertiary/aromatic N) is 3. The fourth-order valence-electron chi connectivity index (χ4n) is 2.11. The van der Waals surface area contributed by atoms with Crippen LogP contribution in [0.4, 0.5) is 5.95 Å². The van der Waals surface area contributed by atoms with Gasteiger partial charge in [-0.25, -0.2) is 9.97 Å². The first kappa shape index (κ1) is 11.4. The number of hydrogen-bond acceptors (Lipinski definition) is 4. The van der Waals surface area contributed by atoms with Crippen molar-refractivity contribution in [3.05, 3.63) is 18.0 Å². The summed E-state index contributed by atoms with van der Waals surface area (Å²) < 4.78 is 0. The highest BCUT2D eigenvalue weighted by molar-refractivity contribution is 5.93. The van der Waals surface area contributed by atoms with Gasteiger partial charge in [0, 0.05) is 19.3 Å². The normalized spacial score (nSPS) is 18.7. The van der Waals surface area contributed by atoms with E-state index >= 15 is 0 Å². The van der Waals surface area contributed by atoms with E-state index < -0.39 is 0 Å². The lowest BCUT2D eigenvalue weighted by Gasteiger charge is -2.22. The molecule has 2 aliphatic carbocycles. The van der Waals surface area contributed by atoms with Gasteiger partial charge < -0.3 is 10.6 Å². The number of aromatic nitrogens is 2. The first-order valence-electron chi connectivity index (χ1n) is 6.65. The Bertz CT molecular complexity index is 436. The van der Waals surface area contributed by atoms with Crippen LogP contribution in [0.1, 0.15) is 31.4 Å². The molecule has 0 saturated heterocycles. The monoisotopic (exact) mass is 245 g/mol. The van der Waals surface area contributed by atoms with Crippen LogP contribution in [0.25, 0.3) is 0 Å². The molecule has 5 nitrogen and oxygen atoms in total. The van der Waals surface area contributed by atoms with E-state index in [0.29, 0.717) is 5.69 Å². The minimum atomic E-state index is 0.0106. The standard InChI is InChI=1S/C13H19N5/c14-12(15)11-5-6-16-13(17-11)18(7-9-1-2-9)8-10-3-4-10/h5-6,9-10H,1-4,7-8H2,(H3,14,15). The minimum Gasteiger partial charge on any atom is -0.382 e. The molecule has 0 atom stereocenters. The van der Waals surface area contributed by atoms with Gasteiger partial charge in [-0.15, -0.1) is 0 Å². The maximum absolute atomic E-state index is 7.45. The zero-order valence-electron chi connectivity index (χ0n) is 10.5. The van der Waals surface area contributed by atoms with Gasteiger partial charge in [0.2, 0.25) is 5.95 Å². The topological polar surface area (TPSA) is 78.9 Å². The van der Waals surface area contributed by atoms with Crippen LogP contribution in [0, 0.1) is 17.2 Å². The second-order valence-corrected chi connectivity index (χ2v) is 5.45. The van der Waals surface area contributed by atoms with Crippen molar-refractivity contribution >= 4 is 11.8 Å². The molecule has 0 radical (unpaired) electrons. The van der Waals surface area contributed by atoms with E-state index in [1.165, 1.54) is 25.7 Å². The third kappa shape index (κ3) is 2.78. The van der Waals surface area contributed by atoms with E-state index in [1.54, 1.807) is 12.3 Å². The van der Waals surface area contributed by atoms with Gasteiger partial charge in [-0.3, -0.25) is 5.41 Å². The van der Waals surface area contributed by atoms with Gasteiger partial charge >= 0.3 is 0 Å². The molecule has 0 spiro atoms. The van der Waals surface area contributed by atoms with Crippen LogP contribution in [-0.2, 0) is 0 Å². The average molecular weight is 245 g/mol. The van der Waals surface area contributed by atoms with Crippen LogP contribution in [0.15, 0.2) is 12.3 Å². The molecule has 2 fully saturated rings. The summed E-state index contributed by atoms with van der Waals surface area (Å²) in [7, 11) is 0. The van der Waals surface area contributed by atoms with Gasteiger partial charge in [0.25, 0.3) is 0 Å². The lowest BCUT2D eigenvalue weighted by Crippen LogP contribution is -2.30. The van der Waals surface area contributed by atoms with Crippen molar-refractivity contribution < 1.29 is 0 Å². The maximum atomic E-state index is 7.45. The molecule has 3 rings (SSSR count). The van der Waals surface area contributed by atoms with Crippen LogP contribution in [-0.4, -0.2) is 28.9 Å². The van der Waals surface area contributed by atoms with Crippen LogP contribution in [0.3, 0.4) is 0 Å². The average Bonchev–Trinajstić information content (AvgIpc) is 3.23. The number of nitrogens with two attached hydrogens (primary N) is 1. The van der Waals surface area contributed by atoms with Crippen molar-refractivity contribution in [2.24, 2.45) is 17.6 Å². The van der Waals surface area contributed by atoms with Crippen molar-refractivity contribution in [3.63, 3.8) is 0 Å². The van der Waals surface area contributed by atoms with Crippen molar-refractivity contribution in [2.45, 2.75) is 25.7 Å². The summed E-state index contributed by atoms with van der Waals surface area (Å²) in [6.45, 7) is 2.11. The van der Waals surface area contributed by atoms with Crippen molar-refractivity contribution in [2.75, 3.05) is 18.0 Å². The van der Waals surface area contributed by atoms with Crippen molar-refractivity contribution in [1.82, 2.24) is 9.97 Å². The Balaban J connectivity index is 1.77. The van der Waals surface area contributed by atoms with E-state index in [-0.39, 0.29) is 5.84 Å². The molecule has 2 saturated carbocycles. The predicted molar refractivity (Wildman–Crippen MR) is 70.7 cm³/mol. The molecule has 2 aliphatic rings. The van der Waals surface area contributed by atoms with E-state index in [4.69, 9.17) is 11.1 Å². The third-order valence-electron chi connectivity index (χ3n) is 3.55. The number of amidine groups is 1. The van der Waals surface area contributed by atoms with Gasteiger partial charge in [0.1, 0.15) is 11.5 Å². The SMILES string of the molecule is N=C(N)c1ccnc(N(CC2CC2)CC2CC2)n1. The van der Waals surface area contributed by atoms with Crippen LogP contribution >= 0.6 is 0 Å². The molecule has 0 aliphatic heterocycles. The molecule has 5 heteroatoms. The number of anilines is 1. The number of rotatable bonds is 6. The Morgan fingerprint density at radius 2 is 1.89 bits per heavy atom. The van der Waals surface area contributed by atoms with Gasteiger partial charge in [-0.2, -0.15) is 0 Å². The second-order valence-electron chi connectivity index (χ2n) is 5.45. The van der Waals surface area contributed by atoms with Gasteiger partial charge in [0.05, 0.1) is 0 Å². The number of hydrogen-bond donors (Lipinski definition) is 2. The highest BCUT2D eigenvalue weighted by Gasteiger charge is 2.30. The summed E-state index contributed by atoms with van der Waals surface area (Å²) in [6.07, 6.45) is 7.01. The zero-order valence-corrected chi connectivity index (χ0v) is 10.5. The Labute approximate surface area is 107 Å². The molecule has 3 N–H and O–H groups in total. The molecule has 0 aromatic carbocycles. The van der Waals surface area contributed by atoms with Crippen LogP contribution in [0.5, 0.6) is 0 Å².